The maximum atomic E-state index is 6.80. The number of rotatable bonds is 1. The molecular weight excluding hydrogens is 215 g/mol. The van der Waals surface area contributed by atoms with Crippen LogP contribution in [0.3, 0.4) is 0 Å². The van der Waals surface area contributed by atoms with E-state index in [1.54, 1.807) is 4.22 Å². The van der Waals surface area contributed by atoms with E-state index in [1.165, 1.54) is 0 Å². The van der Waals surface area contributed by atoms with Crippen LogP contribution in [-0.4, -0.2) is 5.50 Å². The van der Waals surface area contributed by atoms with Gasteiger partial charge in [0.2, 0.25) is 0 Å². The lowest BCUT2D eigenvalue weighted by molar-refractivity contribution is 2.04. The molecule has 0 amide bonds. The number of hydrogen-bond donors (Lipinski definition) is 0. The highest BCUT2D eigenvalue weighted by atomic mass is 127. The van der Waals surface area contributed by atoms with Crippen LogP contribution in [-0.2, 0) is 0 Å². The lowest BCUT2D eigenvalue weighted by Gasteiger charge is -1.66. The van der Waals surface area contributed by atoms with Gasteiger partial charge < -0.3 is 0 Å². The second-order valence-electron chi connectivity index (χ2n) is 0.329. The van der Waals surface area contributed by atoms with E-state index in [0.717, 1.165) is 0 Å². The summed E-state index contributed by atoms with van der Waals surface area (Å²) in [6, 6.07) is 0. The van der Waals surface area contributed by atoms with Crippen molar-refractivity contribution in [3.8, 4) is 0 Å². The first-order valence-corrected chi connectivity index (χ1v) is 4.65. The van der Waals surface area contributed by atoms with Gasteiger partial charge in [0.25, 0.3) is 0 Å². The standard InChI is InChI=1S/CH4INP2/c2-1-3-5-4/h1,5H,4H2/b3-1+/i5D. The van der Waals surface area contributed by atoms with E-state index in [-0.39, 0.29) is 0 Å². The molecular formula is CH4INP2. The van der Waals surface area contributed by atoms with Gasteiger partial charge in [-0.15, -0.1) is 0 Å². The third-order valence-corrected chi connectivity index (χ3v) is 1.48. The first kappa shape index (κ1) is 4.42. The van der Waals surface area contributed by atoms with Crippen LogP contribution in [0.1, 0.15) is 0 Å². The van der Waals surface area contributed by atoms with Crippen molar-refractivity contribution < 1.29 is 0 Å². The topological polar surface area (TPSA) is 12.4 Å². The summed E-state index contributed by atoms with van der Waals surface area (Å²) < 4.78 is 12.1. The SMILES string of the molecule is [2H]P(P)/N=C/I. The maximum absolute atomic E-state index is 6.80. The number of nitrogens with zero attached hydrogens (tertiary/aromatic N) is 1. The van der Waals surface area contributed by atoms with Gasteiger partial charge in [0.05, 0.1) is 5.50 Å². The summed E-state index contributed by atoms with van der Waals surface area (Å²) in [6.45, 7) is 0. The Bertz CT molecular complexity index is 55.5. The monoisotopic (exact) mass is 220 g/mol. The fourth-order valence-corrected chi connectivity index (χ4v) is 1.52. The van der Waals surface area contributed by atoms with Crippen LogP contribution in [0.4, 0.5) is 0 Å². The minimum atomic E-state index is -0.872. The van der Waals surface area contributed by atoms with Gasteiger partial charge in [-0.25, -0.2) is 0 Å². The van der Waals surface area contributed by atoms with Crippen LogP contribution in [0.25, 0.3) is 0 Å². The van der Waals surface area contributed by atoms with Crippen LogP contribution in [0, 0.1) is 0 Å². The molecule has 2 unspecified atom stereocenters. The highest BCUT2D eigenvalue weighted by Crippen LogP contribution is 2.20. The summed E-state index contributed by atoms with van der Waals surface area (Å²) in [5, 5.41) is 0. The van der Waals surface area contributed by atoms with Gasteiger partial charge in [0, 0.05) is 8.37 Å². The van der Waals surface area contributed by atoms with E-state index >= 15 is 0 Å². The van der Waals surface area contributed by atoms with Crippen LogP contribution >= 0.6 is 39.9 Å². The molecule has 0 fully saturated rings. The van der Waals surface area contributed by atoms with Gasteiger partial charge in [-0.2, -0.15) is 0 Å². The molecule has 0 saturated heterocycles. The zero-order valence-corrected chi connectivity index (χ0v) is 6.63. The Labute approximate surface area is 50.4 Å². The molecule has 0 aromatic carbocycles. The Hall–Kier alpha value is 1.26. The summed E-state index contributed by atoms with van der Waals surface area (Å²) in [5.41, 5.74) is 0. The second-order valence-corrected chi connectivity index (χ2v) is 2.04. The van der Waals surface area contributed by atoms with Crippen molar-refractivity contribution in [1.29, 1.82) is 1.28 Å². The third kappa shape index (κ3) is 5.26. The molecule has 4 heteroatoms. The summed E-state index contributed by atoms with van der Waals surface area (Å²) in [6.07, 6.45) is 0. The van der Waals surface area contributed by atoms with Crippen molar-refractivity contribution in [2.45, 2.75) is 0 Å². The summed E-state index contributed by atoms with van der Waals surface area (Å²) in [7, 11) is 1.44. The molecule has 5 heavy (non-hydrogen) atoms. The Kier molecular flexibility index (Phi) is 4.65. The molecule has 0 heterocycles. The zero-order valence-electron chi connectivity index (χ0n) is 3.43. The van der Waals surface area contributed by atoms with Crippen LogP contribution < -0.4 is 0 Å². The van der Waals surface area contributed by atoms with Crippen molar-refractivity contribution in [2.75, 3.05) is 0 Å². The fraction of sp³-hybridized carbons (Fsp3) is 0. The van der Waals surface area contributed by atoms with Crippen molar-refractivity contribution >= 4 is 44.1 Å². The van der Waals surface area contributed by atoms with Crippen molar-refractivity contribution in [3.05, 3.63) is 0 Å². The molecule has 0 N–H and O–H groups in total. The molecule has 0 saturated carbocycles. The minimum Gasteiger partial charge on any atom is -0.262 e. The predicted molar refractivity (Wildman–Crippen MR) is 40.5 cm³/mol. The van der Waals surface area contributed by atoms with Gasteiger partial charge in [-0.1, -0.05) is 8.93 Å². The molecule has 0 aliphatic rings. The molecule has 0 spiro atoms. The Morgan fingerprint density at radius 3 is 3.00 bits per heavy atom. The van der Waals surface area contributed by atoms with Crippen molar-refractivity contribution in [2.24, 2.45) is 4.76 Å². The largest absolute Gasteiger partial charge is 0.262 e. The van der Waals surface area contributed by atoms with E-state index in [0.29, 0.717) is 0 Å². The average molecular weight is 220 g/mol. The molecule has 0 aliphatic heterocycles. The summed E-state index contributed by atoms with van der Waals surface area (Å²) in [4.78, 5) is 0. The molecule has 0 rings (SSSR count). The van der Waals surface area contributed by atoms with Crippen LogP contribution in [0.5, 0.6) is 0 Å². The van der Waals surface area contributed by atoms with E-state index in [2.05, 4.69) is 13.7 Å². The van der Waals surface area contributed by atoms with E-state index in [4.69, 9.17) is 1.28 Å². The zero-order chi connectivity index (χ0) is 4.99. The molecule has 0 bridgehead atoms. The lowest BCUT2D eigenvalue weighted by Crippen LogP contribution is -1.30. The average Bonchev–Trinajstić information content (AvgIpc) is 1.35. The minimum absolute atomic E-state index is 0.872. The quantitative estimate of drug-likeness (QED) is 0.363. The van der Waals surface area contributed by atoms with Gasteiger partial charge >= 0.3 is 0 Å². The Morgan fingerprint density at radius 1 is 2.40 bits per heavy atom. The number of halogens is 1. The van der Waals surface area contributed by atoms with Gasteiger partial charge in [0.1, 0.15) is 0 Å². The molecule has 1 nitrogen and oxygen atoms in total. The van der Waals surface area contributed by atoms with Crippen LogP contribution in [0.15, 0.2) is 4.76 Å². The van der Waals surface area contributed by atoms with Gasteiger partial charge in [0.15, 0.2) is 0 Å². The molecule has 0 aromatic rings. The molecule has 2 atom stereocenters. The Morgan fingerprint density at radius 2 is 3.00 bits per heavy atom. The van der Waals surface area contributed by atoms with E-state index in [1.807, 2.05) is 22.6 Å². The summed E-state index contributed by atoms with van der Waals surface area (Å²) >= 11 is 1.99. The first-order chi connectivity index (χ1) is 2.77. The third-order valence-electron chi connectivity index (χ3n) is 0.110. The highest BCUT2D eigenvalue weighted by Gasteiger charge is 1.51. The predicted octanol–water partition coefficient (Wildman–Crippen LogP) is 1.83. The molecule has 0 aliphatic carbocycles. The second kappa shape index (κ2) is 5.26. The summed E-state index contributed by atoms with van der Waals surface area (Å²) in [5.74, 6) is 0. The molecule has 0 radical (unpaired) electrons. The first-order valence-electron chi connectivity index (χ1n) is 1.38. The van der Waals surface area contributed by atoms with Gasteiger partial charge in [-0.05, 0) is 22.6 Å². The van der Waals surface area contributed by atoms with E-state index in [9.17, 15) is 0 Å². The maximum Gasteiger partial charge on any atom is 0.0875 e. The Balaban J connectivity index is 3.03. The van der Waals surface area contributed by atoms with Crippen molar-refractivity contribution in [1.82, 2.24) is 0 Å². The molecule has 30 valence electrons. The van der Waals surface area contributed by atoms with Gasteiger partial charge in [-0.3, -0.25) is 4.76 Å². The van der Waals surface area contributed by atoms with Crippen molar-refractivity contribution in [3.63, 3.8) is 0 Å². The normalized spacial score (nSPS) is 19.2. The van der Waals surface area contributed by atoms with E-state index < -0.39 is 8.37 Å². The number of hydrogen-bond acceptors (Lipinski definition) is 1. The lowest BCUT2D eigenvalue weighted by atomic mass is 11.8. The van der Waals surface area contributed by atoms with Crippen LogP contribution in [0.2, 0.25) is 0 Å². The smallest absolute Gasteiger partial charge is 0.0875 e. The highest BCUT2D eigenvalue weighted by molar-refractivity contribution is 14.1. The fourth-order valence-electron chi connectivity index (χ4n) is 0.0252. The molecule has 0 aromatic heterocycles.